The highest BCUT2D eigenvalue weighted by molar-refractivity contribution is 5.92. The Morgan fingerprint density at radius 3 is 2.65 bits per heavy atom. The van der Waals surface area contributed by atoms with Gasteiger partial charge in [0.2, 0.25) is 0 Å². The van der Waals surface area contributed by atoms with Gasteiger partial charge in [-0.3, -0.25) is 9.59 Å². The molecular formula is C15H23N3O2. The first kappa shape index (κ1) is 14.8. The van der Waals surface area contributed by atoms with E-state index in [4.69, 9.17) is 0 Å². The van der Waals surface area contributed by atoms with Crippen LogP contribution in [0, 0.1) is 0 Å². The predicted molar refractivity (Wildman–Crippen MR) is 77.8 cm³/mol. The Bertz CT molecular complexity index is 518. The van der Waals surface area contributed by atoms with Crippen molar-refractivity contribution in [2.75, 3.05) is 6.54 Å². The van der Waals surface area contributed by atoms with Gasteiger partial charge in [0.05, 0.1) is 0 Å². The largest absolute Gasteiger partial charge is 0.335 e. The first-order chi connectivity index (χ1) is 9.67. The van der Waals surface area contributed by atoms with E-state index in [2.05, 4.69) is 5.10 Å². The van der Waals surface area contributed by atoms with Crippen molar-refractivity contribution in [1.82, 2.24) is 14.7 Å². The highest BCUT2D eigenvalue weighted by Gasteiger charge is 2.27. The molecule has 1 heterocycles. The van der Waals surface area contributed by atoms with Crippen LogP contribution in [0.2, 0.25) is 0 Å². The summed E-state index contributed by atoms with van der Waals surface area (Å²) in [7, 11) is 0. The van der Waals surface area contributed by atoms with Crippen LogP contribution in [-0.4, -0.2) is 33.2 Å². The minimum Gasteiger partial charge on any atom is -0.335 e. The van der Waals surface area contributed by atoms with Crippen molar-refractivity contribution in [2.24, 2.45) is 0 Å². The molecule has 0 aromatic carbocycles. The molecule has 1 aliphatic rings. The van der Waals surface area contributed by atoms with Gasteiger partial charge in [-0.25, -0.2) is 4.68 Å². The highest BCUT2D eigenvalue weighted by atomic mass is 16.2. The molecule has 0 atom stereocenters. The molecule has 1 aromatic rings. The summed E-state index contributed by atoms with van der Waals surface area (Å²) in [6.07, 6.45) is 5.36. The van der Waals surface area contributed by atoms with E-state index >= 15 is 0 Å². The number of carbonyl (C=O) groups excluding carboxylic acids is 1. The number of amides is 1. The lowest BCUT2D eigenvalue weighted by Crippen LogP contribution is -2.40. The fraction of sp³-hybridized carbons (Fsp3) is 0.667. The number of hydrogen-bond acceptors (Lipinski definition) is 3. The molecule has 1 fully saturated rings. The molecule has 0 unspecified atom stereocenters. The Hall–Kier alpha value is -1.65. The molecule has 20 heavy (non-hydrogen) atoms. The van der Waals surface area contributed by atoms with Crippen molar-refractivity contribution in [2.45, 2.75) is 58.5 Å². The van der Waals surface area contributed by atoms with Crippen LogP contribution in [0.4, 0.5) is 0 Å². The van der Waals surface area contributed by atoms with Crippen molar-refractivity contribution in [3.05, 3.63) is 28.2 Å². The quantitative estimate of drug-likeness (QED) is 0.827. The van der Waals surface area contributed by atoms with Gasteiger partial charge in [0, 0.05) is 25.2 Å². The average Bonchev–Trinajstić information content (AvgIpc) is 2.96. The van der Waals surface area contributed by atoms with Crippen LogP contribution in [0.1, 0.15) is 56.4 Å². The van der Waals surface area contributed by atoms with E-state index in [0.29, 0.717) is 24.8 Å². The molecule has 2 rings (SSSR count). The number of carbonyl (C=O) groups is 1. The second kappa shape index (κ2) is 6.68. The van der Waals surface area contributed by atoms with Gasteiger partial charge in [0.1, 0.15) is 5.69 Å². The fourth-order valence-corrected chi connectivity index (χ4v) is 2.87. The van der Waals surface area contributed by atoms with E-state index in [1.165, 1.54) is 23.6 Å². The summed E-state index contributed by atoms with van der Waals surface area (Å²) in [5.74, 6) is -0.0516. The van der Waals surface area contributed by atoms with Crippen molar-refractivity contribution in [1.29, 1.82) is 0 Å². The molecule has 0 aliphatic heterocycles. The Kier molecular flexibility index (Phi) is 4.93. The molecule has 0 radical (unpaired) electrons. The second-order valence-electron chi connectivity index (χ2n) is 5.31. The van der Waals surface area contributed by atoms with Gasteiger partial charge in [-0.1, -0.05) is 19.8 Å². The fourth-order valence-electron chi connectivity index (χ4n) is 2.87. The lowest BCUT2D eigenvalue weighted by Gasteiger charge is -2.27. The van der Waals surface area contributed by atoms with Gasteiger partial charge in [-0.2, -0.15) is 5.10 Å². The number of nitrogens with zero attached hydrogens (tertiary/aromatic N) is 3. The van der Waals surface area contributed by atoms with Crippen molar-refractivity contribution >= 4 is 5.91 Å². The Morgan fingerprint density at radius 1 is 1.35 bits per heavy atom. The smallest absolute Gasteiger partial charge is 0.274 e. The maximum Gasteiger partial charge on any atom is 0.274 e. The van der Waals surface area contributed by atoms with E-state index in [1.807, 2.05) is 18.7 Å². The number of aryl methyl sites for hydroxylation is 1. The molecule has 0 saturated heterocycles. The standard InChI is InChI=1S/C15H23N3O2/c1-3-11-18-14(19)10-9-13(16-18)15(20)17(4-2)12-7-5-6-8-12/h9-10,12H,3-8,11H2,1-2H3. The van der Waals surface area contributed by atoms with Crippen LogP contribution in [0.5, 0.6) is 0 Å². The van der Waals surface area contributed by atoms with E-state index in [-0.39, 0.29) is 11.5 Å². The molecular weight excluding hydrogens is 254 g/mol. The third kappa shape index (κ3) is 3.08. The molecule has 0 bridgehead atoms. The maximum atomic E-state index is 12.6. The molecule has 1 aliphatic carbocycles. The molecule has 5 nitrogen and oxygen atoms in total. The summed E-state index contributed by atoms with van der Waals surface area (Å²) in [4.78, 5) is 26.1. The molecule has 110 valence electrons. The molecule has 1 aromatic heterocycles. The van der Waals surface area contributed by atoms with Crippen LogP contribution >= 0.6 is 0 Å². The van der Waals surface area contributed by atoms with Crippen LogP contribution in [0.15, 0.2) is 16.9 Å². The first-order valence-corrected chi connectivity index (χ1v) is 7.56. The molecule has 0 N–H and O–H groups in total. The first-order valence-electron chi connectivity index (χ1n) is 7.56. The summed E-state index contributed by atoms with van der Waals surface area (Å²) >= 11 is 0. The third-order valence-corrected chi connectivity index (χ3v) is 3.89. The summed E-state index contributed by atoms with van der Waals surface area (Å²) in [6.45, 7) is 5.23. The Morgan fingerprint density at radius 2 is 2.05 bits per heavy atom. The van der Waals surface area contributed by atoms with Crippen LogP contribution in [0.25, 0.3) is 0 Å². The van der Waals surface area contributed by atoms with Crippen molar-refractivity contribution in [3.8, 4) is 0 Å². The van der Waals surface area contributed by atoms with Gasteiger partial charge in [0.15, 0.2) is 0 Å². The lowest BCUT2D eigenvalue weighted by atomic mass is 10.2. The van der Waals surface area contributed by atoms with Crippen LogP contribution < -0.4 is 5.56 Å². The SMILES string of the molecule is CCCn1nc(C(=O)N(CC)C2CCCC2)ccc1=O. The van der Waals surface area contributed by atoms with E-state index in [1.54, 1.807) is 6.07 Å². The average molecular weight is 277 g/mol. The summed E-state index contributed by atoms with van der Waals surface area (Å²) in [6, 6.07) is 3.33. The molecule has 1 saturated carbocycles. The summed E-state index contributed by atoms with van der Waals surface area (Å²) < 4.78 is 1.38. The van der Waals surface area contributed by atoms with E-state index < -0.39 is 0 Å². The van der Waals surface area contributed by atoms with E-state index in [0.717, 1.165) is 19.3 Å². The highest BCUT2D eigenvalue weighted by Crippen LogP contribution is 2.24. The van der Waals surface area contributed by atoms with Gasteiger partial charge in [-0.15, -0.1) is 0 Å². The number of aromatic nitrogens is 2. The minimum atomic E-state index is -0.146. The zero-order valence-corrected chi connectivity index (χ0v) is 12.3. The third-order valence-electron chi connectivity index (χ3n) is 3.89. The van der Waals surface area contributed by atoms with Crippen molar-refractivity contribution in [3.63, 3.8) is 0 Å². The van der Waals surface area contributed by atoms with E-state index in [9.17, 15) is 9.59 Å². The normalized spacial score (nSPS) is 15.5. The Labute approximate surface area is 119 Å². The molecule has 1 amide bonds. The zero-order chi connectivity index (χ0) is 14.5. The van der Waals surface area contributed by atoms with Gasteiger partial charge >= 0.3 is 0 Å². The topological polar surface area (TPSA) is 55.2 Å². The van der Waals surface area contributed by atoms with Gasteiger partial charge in [-0.05, 0) is 32.3 Å². The number of rotatable bonds is 5. The second-order valence-corrected chi connectivity index (χ2v) is 5.31. The monoisotopic (exact) mass is 277 g/mol. The van der Waals surface area contributed by atoms with Gasteiger partial charge in [0.25, 0.3) is 11.5 Å². The van der Waals surface area contributed by atoms with Gasteiger partial charge < -0.3 is 4.90 Å². The Balaban J connectivity index is 2.22. The molecule has 5 heteroatoms. The summed E-state index contributed by atoms with van der Waals surface area (Å²) in [5.41, 5.74) is 0.235. The number of hydrogen-bond donors (Lipinski definition) is 0. The zero-order valence-electron chi connectivity index (χ0n) is 12.3. The van der Waals surface area contributed by atoms with Crippen molar-refractivity contribution < 1.29 is 4.79 Å². The predicted octanol–water partition coefficient (Wildman–Crippen LogP) is 2.06. The van der Waals surface area contributed by atoms with Crippen LogP contribution in [0.3, 0.4) is 0 Å². The maximum absolute atomic E-state index is 12.6. The lowest BCUT2D eigenvalue weighted by molar-refractivity contribution is 0.0684. The summed E-state index contributed by atoms with van der Waals surface area (Å²) in [5, 5.41) is 4.22. The van der Waals surface area contributed by atoms with Crippen LogP contribution in [-0.2, 0) is 6.54 Å². The minimum absolute atomic E-state index is 0.0516. The molecule has 0 spiro atoms.